The molecule has 9 heteroatoms. The number of nitrogens with zero attached hydrogens (tertiary/aromatic N) is 3. The fraction of sp³-hybridized carbons (Fsp3) is 0.0667. The number of aromatic nitrogens is 3. The topological polar surface area (TPSA) is 96.2 Å². The van der Waals surface area contributed by atoms with Gasteiger partial charge in [-0.2, -0.15) is 10.1 Å². The van der Waals surface area contributed by atoms with Gasteiger partial charge in [0.25, 0.3) is 0 Å². The Bertz CT molecular complexity index is 830. The second kappa shape index (κ2) is 7.55. The largest absolute Gasteiger partial charge is 0.463 e. The minimum atomic E-state index is -0.376. The van der Waals surface area contributed by atoms with Crippen molar-refractivity contribution in [1.82, 2.24) is 15.2 Å². The van der Waals surface area contributed by atoms with Crippen LogP contribution in [0.5, 0.6) is 0 Å². The lowest BCUT2D eigenvalue weighted by atomic mass is 10.1. The van der Waals surface area contributed by atoms with Crippen molar-refractivity contribution in [3.63, 3.8) is 0 Å². The van der Waals surface area contributed by atoms with Crippen LogP contribution in [0.4, 0.5) is 10.3 Å². The van der Waals surface area contributed by atoms with Crippen LogP contribution < -0.4 is 5.43 Å². The molecule has 0 aliphatic heterocycles. The number of hydrogen-bond acceptors (Lipinski definition) is 7. The molecule has 0 aliphatic carbocycles. The molecule has 0 aliphatic rings. The van der Waals surface area contributed by atoms with Crippen LogP contribution in [-0.4, -0.2) is 32.9 Å². The SMILES string of the molecule is O=C(CSc1n[nH]c(N/N=C\c2ccco2)n1)c1ccc(F)cc1. The third-order valence-electron chi connectivity index (χ3n) is 2.87. The number of halogens is 1. The third kappa shape index (κ3) is 4.29. The number of anilines is 1. The molecular weight excluding hydrogens is 333 g/mol. The van der Waals surface area contributed by atoms with Crippen molar-refractivity contribution in [3.8, 4) is 0 Å². The summed E-state index contributed by atoms with van der Waals surface area (Å²) >= 11 is 1.17. The molecule has 1 aromatic carbocycles. The van der Waals surface area contributed by atoms with Gasteiger partial charge in [0.2, 0.25) is 11.1 Å². The quantitative estimate of drug-likeness (QED) is 0.296. The lowest BCUT2D eigenvalue weighted by molar-refractivity contribution is 0.102. The molecule has 7 nitrogen and oxygen atoms in total. The van der Waals surface area contributed by atoms with Gasteiger partial charge in [-0.25, -0.2) is 14.9 Å². The normalized spacial score (nSPS) is 11.0. The van der Waals surface area contributed by atoms with Gasteiger partial charge in [-0.05, 0) is 36.4 Å². The maximum atomic E-state index is 12.8. The van der Waals surface area contributed by atoms with Gasteiger partial charge >= 0.3 is 0 Å². The third-order valence-corrected chi connectivity index (χ3v) is 3.72. The summed E-state index contributed by atoms with van der Waals surface area (Å²) in [5, 5.41) is 11.0. The number of carbonyl (C=O) groups is 1. The van der Waals surface area contributed by atoms with E-state index in [0.717, 1.165) is 0 Å². The molecule has 2 N–H and O–H groups in total. The zero-order valence-electron chi connectivity index (χ0n) is 12.3. The summed E-state index contributed by atoms with van der Waals surface area (Å²) in [5.41, 5.74) is 3.11. The number of benzene rings is 1. The highest BCUT2D eigenvalue weighted by molar-refractivity contribution is 7.99. The first-order chi connectivity index (χ1) is 11.7. The van der Waals surface area contributed by atoms with E-state index in [-0.39, 0.29) is 17.4 Å². The Balaban J connectivity index is 1.50. The van der Waals surface area contributed by atoms with E-state index < -0.39 is 0 Å². The molecule has 0 saturated carbocycles. The first-order valence-corrected chi connectivity index (χ1v) is 7.86. The zero-order valence-corrected chi connectivity index (χ0v) is 13.1. The molecule has 0 unspecified atom stereocenters. The number of hydrogen-bond donors (Lipinski definition) is 2. The Hall–Kier alpha value is -2.94. The van der Waals surface area contributed by atoms with Crippen molar-refractivity contribution in [3.05, 3.63) is 59.8 Å². The van der Waals surface area contributed by atoms with Gasteiger partial charge in [-0.15, -0.1) is 5.10 Å². The fourth-order valence-electron chi connectivity index (χ4n) is 1.73. The highest BCUT2D eigenvalue weighted by Gasteiger charge is 2.09. The van der Waals surface area contributed by atoms with Crippen molar-refractivity contribution in [2.45, 2.75) is 5.16 Å². The Labute approximate surface area is 140 Å². The lowest BCUT2D eigenvalue weighted by Gasteiger charge is -1.98. The van der Waals surface area contributed by atoms with Crippen LogP contribution in [0.15, 0.2) is 57.3 Å². The first kappa shape index (κ1) is 15.9. The minimum Gasteiger partial charge on any atom is -0.463 e. The van der Waals surface area contributed by atoms with Gasteiger partial charge in [0.15, 0.2) is 5.78 Å². The number of carbonyl (C=O) groups excluding carboxylic acids is 1. The smallest absolute Gasteiger partial charge is 0.240 e. The molecule has 2 heterocycles. The summed E-state index contributed by atoms with van der Waals surface area (Å²) < 4.78 is 17.9. The molecule has 0 amide bonds. The van der Waals surface area contributed by atoms with Crippen molar-refractivity contribution in [1.29, 1.82) is 0 Å². The summed E-state index contributed by atoms with van der Waals surface area (Å²) in [6.07, 6.45) is 3.04. The van der Waals surface area contributed by atoms with E-state index in [1.54, 1.807) is 18.4 Å². The Morgan fingerprint density at radius 1 is 1.38 bits per heavy atom. The number of furan rings is 1. The maximum absolute atomic E-state index is 12.8. The van der Waals surface area contributed by atoms with E-state index in [1.807, 2.05) is 0 Å². The Morgan fingerprint density at radius 2 is 2.21 bits per heavy atom. The summed E-state index contributed by atoms with van der Waals surface area (Å²) in [6.45, 7) is 0. The molecule has 0 saturated heterocycles. The molecule has 0 spiro atoms. The zero-order chi connectivity index (χ0) is 16.8. The number of thioether (sulfide) groups is 1. The highest BCUT2D eigenvalue weighted by atomic mass is 32.2. The molecule has 3 rings (SSSR count). The van der Waals surface area contributed by atoms with E-state index >= 15 is 0 Å². The summed E-state index contributed by atoms with van der Waals surface area (Å²) in [5.74, 6) is 0.587. The number of hydrazone groups is 1. The van der Waals surface area contributed by atoms with Crippen LogP contribution in [0.1, 0.15) is 16.1 Å². The second-order valence-electron chi connectivity index (χ2n) is 4.57. The molecular formula is C15H12FN5O2S. The van der Waals surface area contributed by atoms with Crippen LogP contribution >= 0.6 is 11.8 Å². The van der Waals surface area contributed by atoms with E-state index in [9.17, 15) is 9.18 Å². The summed E-state index contributed by atoms with van der Waals surface area (Å²) in [7, 11) is 0. The van der Waals surface area contributed by atoms with Crippen molar-refractivity contribution in [2.75, 3.05) is 11.2 Å². The first-order valence-electron chi connectivity index (χ1n) is 6.87. The Kier molecular flexibility index (Phi) is 5.02. The van der Waals surface area contributed by atoms with Crippen LogP contribution in [0.2, 0.25) is 0 Å². The van der Waals surface area contributed by atoms with E-state index in [0.29, 0.717) is 22.4 Å². The second-order valence-corrected chi connectivity index (χ2v) is 5.51. The van der Waals surface area contributed by atoms with E-state index in [1.165, 1.54) is 42.2 Å². The molecule has 0 fully saturated rings. The summed E-state index contributed by atoms with van der Waals surface area (Å²) in [6, 6.07) is 8.92. The number of aromatic amines is 1. The predicted molar refractivity (Wildman–Crippen MR) is 87.8 cm³/mol. The monoisotopic (exact) mass is 345 g/mol. The van der Waals surface area contributed by atoms with Gasteiger partial charge in [0.1, 0.15) is 11.6 Å². The van der Waals surface area contributed by atoms with Gasteiger partial charge in [0, 0.05) is 5.56 Å². The molecule has 3 aromatic rings. The van der Waals surface area contributed by atoms with Crippen LogP contribution in [0.3, 0.4) is 0 Å². The lowest BCUT2D eigenvalue weighted by Crippen LogP contribution is -2.02. The molecule has 0 atom stereocenters. The fourth-order valence-corrected chi connectivity index (χ4v) is 2.42. The minimum absolute atomic E-state index is 0.129. The van der Waals surface area contributed by atoms with Gasteiger partial charge in [0.05, 0.1) is 18.2 Å². The van der Waals surface area contributed by atoms with E-state index in [4.69, 9.17) is 4.42 Å². The molecule has 0 bridgehead atoms. The molecule has 24 heavy (non-hydrogen) atoms. The number of rotatable bonds is 7. The van der Waals surface area contributed by atoms with Crippen LogP contribution in [0, 0.1) is 5.82 Å². The highest BCUT2D eigenvalue weighted by Crippen LogP contribution is 2.16. The van der Waals surface area contributed by atoms with Gasteiger partial charge < -0.3 is 4.42 Å². The molecule has 2 aromatic heterocycles. The summed E-state index contributed by atoms with van der Waals surface area (Å²) in [4.78, 5) is 16.1. The average molecular weight is 345 g/mol. The van der Waals surface area contributed by atoms with Gasteiger partial charge in [-0.1, -0.05) is 11.8 Å². The van der Waals surface area contributed by atoms with E-state index in [2.05, 4.69) is 25.7 Å². The standard InChI is InChI=1S/C15H12FN5O2S/c16-11-5-3-10(4-6-11)13(22)9-24-15-18-14(20-21-15)19-17-8-12-2-1-7-23-12/h1-8H,9H2,(H2,18,19,20,21)/b17-8-. The molecule has 0 radical (unpaired) electrons. The van der Waals surface area contributed by atoms with Crippen LogP contribution in [-0.2, 0) is 0 Å². The molecule has 122 valence electrons. The predicted octanol–water partition coefficient (Wildman–Crippen LogP) is 2.96. The van der Waals surface area contributed by atoms with Crippen molar-refractivity contribution in [2.24, 2.45) is 5.10 Å². The van der Waals surface area contributed by atoms with Gasteiger partial charge in [-0.3, -0.25) is 4.79 Å². The van der Waals surface area contributed by atoms with Crippen LogP contribution in [0.25, 0.3) is 0 Å². The number of ketones is 1. The average Bonchev–Trinajstić information content (AvgIpc) is 3.25. The number of Topliss-reactive ketones (excluding diaryl/α,β-unsaturated/α-hetero) is 1. The van der Waals surface area contributed by atoms with Crippen molar-refractivity contribution < 1.29 is 13.6 Å². The number of H-pyrrole nitrogens is 1. The number of nitrogens with one attached hydrogen (secondary N) is 2. The Morgan fingerprint density at radius 3 is 2.96 bits per heavy atom. The maximum Gasteiger partial charge on any atom is 0.240 e. The van der Waals surface area contributed by atoms with Crippen molar-refractivity contribution >= 4 is 29.7 Å².